The number of rotatable bonds is 5. The largest absolute Gasteiger partial charge is 0.441 e. The number of aryl methyl sites for hydroxylation is 2. The lowest BCUT2D eigenvalue weighted by Crippen LogP contribution is -2.15. The molecule has 7 nitrogen and oxygen atoms in total. The summed E-state index contributed by atoms with van der Waals surface area (Å²) in [5.41, 5.74) is 3.82. The Morgan fingerprint density at radius 1 is 1.13 bits per heavy atom. The van der Waals surface area contributed by atoms with E-state index in [0.29, 0.717) is 45.3 Å². The maximum absolute atomic E-state index is 12.7. The second-order valence-electron chi connectivity index (χ2n) is 7.15. The zero-order valence-corrected chi connectivity index (χ0v) is 18.6. The number of carbonyl (C=O) groups excluding carboxylic acids is 1. The highest BCUT2D eigenvalue weighted by molar-refractivity contribution is 6.34. The van der Waals surface area contributed by atoms with E-state index in [1.54, 1.807) is 35.9 Å². The summed E-state index contributed by atoms with van der Waals surface area (Å²) in [7, 11) is 0. The second kappa shape index (κ2) is 8.53. The van der Waals surface area contributed by atoms with Crippen LogP contribution in [0.5, 0.6) is 0 Å². The summed E-state index contributed by atoms with van der Waals surface area (Å²) in [6, 6.07) is 12.7. The lowest BCUT2D eigenvalue weighted by molar-refractivity contribution is 0.102. The average Bonchev–Trinajstić information content (AvgIpc) is 3.27. The number of carbonyl (C=O) groups is 1. The molecule has 2 aromatic heterocycles. The van der Waals surface area contributed by atoms with Gasteiger partial charge in [-0.3, -0.25) is 4.79 Å². The molecule has 0 aliphatic rings. The fourth-order valence-corrected chi connectivity index (χ4v) is 3.56. The summed E-state index contributed by atoms with van der Waals surface area (Å²) >= 11 is 12.3. The Balaban J connectivity index is 1.54. The van der Waals surface area contributed by atoms with Crippen LogP contribution in [0.3, 0.4) is 0 Å². The van der Waals surface area contributed by atoms with Gasteiger partial charge in [0.2, 0.25) is 5.89 Å². The van der Waals surface area contributed by atoms with E-state index in [9.17, 15) is 4.79 Å². The number of hydrogen-bond donors (Lipinski definition) is 1. The fraction of sp³-hybridized carbons (Fsp3) is 0.182. The molecule has 0 saturated heterocycles. The summed E-state index contributed by atoms with van der Waals surface area (Å²) in [5.74, 6) is 0.744. The maximum Gasteiger partial charge on any atom is 0.278 e. The zero-order valence-electron chi connectivity index (χ0n) is 17.1. The molecule has 2 aromatic carbocycles. The Bertz CT molecular complexity index is 1280. The van der Waals surface area contributed by atoms with Crippen molar-refractivity contribution in [2.45, 2.75) is 27.3 Å². The molecule has 0 unspecified atom stereocenters. The minimum atomic E-state index is -0.383. The van der Waals surface area contributed by atoms with Crippen LogP contribution in [-0.4, -0.2) is 25.9 Å². The van der Waals surface area contributed by atoms with Gasteiger partial charge in [-0.1, -0.05) is 40.5 Å². The molecule has 0 radical (unpaired) electrons. The predicted octanol–water partition coefficient (Wildman–Crippen LogP) is 5.47. The SMILES string of the molecule is Cc1ccc(NC(=O)c2nnn(Cc3nc(-c4cccc(Cl)c4)oc3C)c2C)c(Cl)c1. The number of hydrogen-bond acceptors (Lipinski definition) is 5. The van der Waals surface area contributed by atoms with Crippen LogP contribution in [0, 0.1) is 20.8 Å². The molecule has 31 heavy (non-hydrogen) atoms. The number of nitrogens with zero attached hydrogens (tertiary/aromatic N) is 4. The van der Waals surface area contributed by atoms with Gasteiger partial charge in [0.05, 0.1) is 22.9 Å². The summed E-state index contributed by atoms with van der Waals surface area (Å²) in [5, 5.41) is 12.0. The number of aromatic nitrogens is 4. The van der Waals surface area contributed by atoms with E-state index in [1.165, 1.54) is 0 Å². The first-order valence-corrected chi connectivity index (χ1v) is 10.3. The summed E-state index contributed by atoms with van der Waals surface area (Å²) in [4.78, 5) is 17.3. The normalized spacial score (nSPS) is 11.0. The lowest BCUT2D eigenvalue weighted by atomic mass is 10.2. The summed E-state index contributed by atoms with van der Waals surface area (Å²) < 4.78 is 7.41. The van der Waals surface area contributed by atoms with Crippen molar-refractivity contribution in [2.75, 3.05) is 5.32 Å². The average molecular weight is 456 g/mol. The third kappa shape index (κ3) is 4.47. The smallest absolute Gasteiger partial charge is 0.278 e. The van der Waals surface area contributed by atoms with Crippen molar-refractivity contribution in [1.29, 1.82) is 0 Å². The minimum Gasteiger partial charge on any atom is -0.441 e. The van der Waals surface area contributed by atoms with Gasteiger partial charge in [0.25, 0.3) is 5.91 Å². The van der Waals surface area contributed by atoms with Gasteiger partial charge < -0.3 is 9.73 Å². The van der Waals surface area contributed by atoms with E-state index in [1.807, 2.05) is 32.0 Å². The highest BCUT2D eigenvalue weighted by Crippen LogP contribution is 2.26. The third-order valence-corrected chi connectivity index (χ3v) is 5.38. The summed E-state index contributed by atoms with van der Waals surface area (Å²) in [6.07, 6.45) is 0. The lowest BCUT2D eigenvalue weighted by Gasteiger charge is -2.07. The number of amides is 1. The molecule has 0 aliphatic carbocycles. The quantitative estimate of drug-likeness (QED) is 0.431. The first kappa shape index (κ1) is 21.1. The van der Waals surface area contributed by atoms with Crippen LogP contribution in [0.1, 0.15) is 33.2 Å². The Labute approximate surface area is 189 Å². The molecule has 158 valence electrons. The van der Waals surface area contributed by atoms with Gasteiger partial charge in [0.1, 0.15) is 11.5 Å². The maximum atomic E-state index is 12.7. The van der Waals surface area contributed by atoms with Crippen molar-refractivity contribution in [2.24, 2.45) is 0 Å². The molecular weight excluding hydrogens is 437 g/mol. The van der Waals surface area contributed by atoms with Crippen molar-refractivity contribution >= 4 is 34.8 Å². The molecule has 0 bridgehead atoms. The van der Waals surface area contributed by atoms with Crippen molar-refractivity contribution in [3.05, 3.63) is 80.9 Å². The minimum absolute atomic E-state index is 0.216. The van der Waals surface area contributed by atoms with Crippen LogP contribution in [0.2, 0.25) is 10.0 Å². The number of nitrogens with one attached hydrogen (secondary N) is 1. The van der Waals surface area contributed by atoms with Crippen LogP contribution < -0.4 is 5.32 Å². The summed E-state index contributed by atoms with van der Waals surface area (Å²) in [6.45, 7) is 5.85. The molecule has 9 heteroatoms. The van der Waals surface area contributed by atoms with Gasteiger partial charge in [0.15, 0.2) is 5.69 Å². The molecule has 1 amide bonds. The molecule has 2 heterocycles. The van der Waals surface area contributed by atoms with E-state index in [4.69, 9.17) is 27.6 Å². The van der Waals surface area contributed by atoms with Gasteiger partial charge in [-0.25, -0.2) is 9.67 Å². The van der Waals surface area contributed by atoms with Crippen LogP contribution in [0.15, 0.2) is 46.9 Å². The number of benzene rings is 2. The molecule has 1 N–H and O–H groups in total. The molecule has 0 atom stereocenters. The highest BCUT2D eigenvalue weighted by Gasteiger charge is 2.20. The molecule has 0 fully saturated rings. The van der Waals surface area contributed by atoms with Crippen molar-refractivity contribution in [3.63, 3.8) is 0 Å². The van der Waals surface area contributed by atoms with Crippen molar-refractivity contribution < 1.29 is 9.21 Å². The van der Waals surface area contributed by atoms with E-state index in [2.05, 4.69) is 20.6 Å². The van der Waals surface area contributed by atoms with E-state index in [-0.39, 0.29) is 11.6 Å². The van der Waals surface area contributed by atoms with E-state index < -0.39 is 0 Å². The molecule has 0 spiro atoms. The van der Waals surface area contributed by atoms with Crippen LogP contribution >= 0.6 is 23.2 Å². The topological polar surface area (TPSA) is 85.8 Å². The fourth-order valence-electron chi connectivity index (χ4n) is 3.08. The Morgan fingerprint density at radius 2 is 1.94 bits per heavy atom. The predicted molar refractivity (Wildman–Crippen MR) is 120 cm³/mol. The molecular formula is C22H19Cl2N5O2. The number of anilines is 1. The standard InChI is InChI=1S/C22H19Cl2N5O2/c1-12-7-8-18(17(24)9-12)25-21(30)20-13(2)29(28-27-20)11-19-14(3)31-22(26-19)15-5-4-6-16(23)10-15/h4-10H,11H2,1-3H3,(H,25,30). The van der Waals surface area contributed by atoms with Crippen molar-refractivity contribution in [3.8, 4) is 11.5 Å². The second-order valence-corrected chi connectivity index (χ2v) is 7.99. The number of oxazole rings is 1. The molecule has 4 rings (SSSR count). The molecule has 4 aromatic rings. The van der Waals surface area contributed by atoms with Gasteiger partial charge >= 0.3 is 0 Å². The van der Waals surface area contributed by atoms with E-state index in [0.717, 1.165) is 11.1 Å². The van der Waals surface area contributed by atoms with E-state index >= 15 is 0 Å². The number of halogens is 2. The van der Waals surface area contributed by atoms with Crippen LogP contribution in [-0.2, 0) is 6.54 Å². The zero-order chi connectivity index (χ0) is 22.1. The molecule has 0 aliphatic heterocycles. The van der Waals surface area contributed by atoms with Crippen LogP contribution in [0.4, 0.5) is 5.69 Å². The Kier molecular flexibility index (Phi) is 5.80. The van der Waals surface area contributed by atoms with Gasteiger partial charge in [-0.15, -0.1) is 5.10 Å². The molecule has 0 saturated carbocycles. The third-order valence-electron chi connectivity index (χ3n) is 4.83. The van der Waals surface area contributed by atoms with Crippen molar-refractivity contribution in [1.82, 2.24) is 20.0 Å². The highest BCUT2D eigenvalue weighted by atomic mass is 35.5. The van der Waals surface area contributed by atoms with Crippen LogP contribution in [0.25, 0.3) is 11.5 Å². The first-order chi connectivity index (χ1) is 14.8. The Hall–Kier alpha value is -3.16. The van der Waals surface area contributed by atoms with Gasteiger partial charge in [0, 0.05) is 10.6 Å². The van der Waals surface area contributed by atoms with Gasteiger partial charge in [-0.2, -0.15) is 0 Å². The first-order valence-electron chi connectivity index (χ1n) is 9.51. The monoisotopic (exact) mass is 455 g/mol. The Morgan fingerprint density at radius 3 is 2.68 bits per heavy atom. The van der Waals surface area contributed by atoms with Gasteiger partial charge in [-0.05, 0) is 56.7 Å².